The van der Waals surface area contributed by atoms with Gasteiger partial charge < -0.3 is 0 Å². The Labute approximate surface area is 113 Å². The van der Waals surface area contributed by atoms with Gasteiger partial charge in [0.1, 0.15) is 5.78 Å². The molecule has 2 saturated carbocycles. The van der Waals surface area contributed by atoms with Crippen molar-refractivity contribution in [2.45, 2.75) is 78.1 Å². The maximum absolute atomic E-state index is 12.3. The Morgan fingerprint density at radius 1 is 0.778 bits per heavy atom. The molecule has 0 aromatic carbocycles. The number of carbonyl (C=O) groups excluding carboxylic acids is 1. The minimum absolute atomic E-state index is 0.562. The molecular formula is C17H30O. The number of hydrogen-bond acceptors (Lipinski definition) is 1. The highest BCUT2D eigenvalue weighted by Crippen LogP contribution is 2.35. The van der Waals surface area contributed by atoms with Crippen molar-refractivity contribution in [2.75, 3.05) is 0 Å². The van der Waals surface area contributed by atoms with E-state index in [1.54, 1.807) is 0 Å². The van der Waals surface area contributed by atoms with Crippen molar-refractivity contribution < 1.29 is 4.79 Å². The monoisotopic (exact) mass is 250 g/mol. The Hall–Kier alpha value is -0.330. The summed E-state index contributed by atoms with van der Waals surface area (Å²) in [5, 5.41) is 0. The van der Waals surface area contributed by atoms with Gasteiger partial charge in [-0.05, 0) is 36.5 Å². The van der Waals surface area contributed by atoms with Crippen molar-refractivity contribution in [3.05, 3.63) is 0 Å². The topological polar surface area (TPSA) is 17.1 Å². The Balaban J connectivity index is 1.77. The number of hydrogen-bond donors (Lipinski definition) is 0. The molecule has 1 nitrogen and oxygen atoms in total. The van der Waals surface area contributed by atoms with Gasteiger partial charge in [0.25, 0.3) is 0 Å². The molecule has 2 fully saturated rings. The van der Waals surface area contributed by atoms with E-state index in [0.717, 1.165) is 24.7 Å². The molecule has 0 aromatic rings. The lowest BCUT2D eigenvalue weighted by atomic mass is 9.74. The normalized spacial score (nSPS) is 37.4. The van der Waals surface area contributed by atoms with Gasteiger partial charge in [0.2, 0.25) is 0 Å². The second kappa shape index (κ2) is 6.73. The van der Waals surface area contributed by atoms with Crippen molar-refractivity contribution in [1.82, 2.24) is 0 Å². The molecule has 0 bridgehead atoms. The first kappa shape index (κ1) is 14.1. The minimum atomic E-state index is 0.562. The number of Topliss-reactive ketones (excluding diaryl/α,β-unsaturated/α-hetero) is 1. The highest BCUT2D eigenvalue weighted by atomic mass is 16.1. The fourth-order valence-electron chi connectivity index (χ4n) is 4.06. The van der Waals surface area contributed by atoms with E-state index in [0.29, 0.717) is 17.6 Å². The fourth-order valence-corrected chi connectivity index (χ4v) is 4.06. The highest BCUT2D eigenvalue weighted by molar-refractivity contribution is 5.79. The van der Waals surface area contributed by atoms with E-state index in [1.807, 2.05) is 0 Å². The van der Waals surface area contributed by atoms with E-state index in [2.05, 4.69) is 13.8 Å². The van der Waals surface area contributed by atoms with Crippen molar-refractivity contribution in [3.8, 4) is 0 Å². The van der Waals surface area contributed by atoms with E-state index in [-0.39, 0.29) is 0 Å². The molecule has 2 rings (SSSR count). The Kier molecular flexibility index (Phi) is 5.26. The minimum Gasteiger partial charge on any atom is -0.300 e. The molecule has 0 saturated heterocycles. The van der Waals surface area contributed by atoms with E-state index >= 15 is 0 Å². The standard InChI is InChI=1S/C17H30O/c1-13-7-3-5-9-15(13)11-17(18)12-16-10-6-4-8-14(16)2/h13-16H,3-12H2,1-2H3. The predicted octanol–water partition coefficient (Wildman–Crippen LogP) is 4.99. The van der Waals surface area contributed by atoms with E-state index < -0.39 is 0 Å². The average molecular weight is 250 g/mol. The zero-order chi connectivity index (χ0) is 13.0. The average Bonchev–Trinajstić information content (AvgIpc) is 2.35. The lowest BCUT2D eigenvalue weighted by Crippen LogP contribution is -2.24. The molecule has 1 heteroatoms. The number of ketones is 1. The Morgan fingerprint density at radius 2 is 1.17 bits per heavy atom. The molecule has 4 atom stereocenters. The van der Waals surface area contributed by atoms with Crippen molar-refractivity contribution in [3.63, 3.8) is 0 Å². The van der Waals surface area contributed by atoms with Crippen LogP contribution in [0.4, 0.5) is 0 Å². The molecule has 0 N–H and O–H groups in total. The molecule has 0 aliphatic heterocycles. The Bertz CT molecular complexity index is 245. The summed E-state index contributed by atoms with van der Waals surface area (Å²) < 4.78 is 0. The van der Waals surface area contributed by atoms with Gasteiger partial charge in [-0.1, -0.05) is 52.4 Å². The maximum Gasteiger partial charge on any atom is 0.133 e. The van der Waals surface area contributed by atoms with Crippen molar-refractivity contribution in [1.29, 1.82) is 0 Å². The van der Waals surface area contributed by atoms with Crippen LogP contribution >= 0.6 is 0 Å². The van der Waals surface area contributed by atoms with Gasteiger partial charge in [-0.3, -0.25) is 4.79 Å². The molecule has 0 aromatic heterocycles. The summed E-state index contributed by atoms with van der Waals surface area (Å²) in [7, 11) is 0. The largest absolute Gasteiger partial charge is 0.300 e. The first-order chi connectivity index (χ1) is 8.66. The molecule has 2 aliphatic carbocycles. The van der Waals surface area contributed by atoms with Crippen LogP contribution in [0.2, 0.25) is 0 Å². The van der Waals surface area contributed by atoms with E-state index in [4.69, 9.17) is 0 Å². The lowest BCUT2D eigenvalue weighted by molar-refractivity contribution is -0.122. The summed E-state index contributed by atoms with van der Waals surface area (Å²) in [5.41, 5.74) is 0. The first-order valence-electron chi connectivity index (χ1n) is 8.18. The van der Waals surface area contributed by atoms with Gasteiger partial charge in [0.15, 0.2) is 0 Å². The Morgan fingerprint density at radius 3 is 1.56 bits per heavy atom. The third-order valence-electron chi connectivity index (χ3n) is 5.56. The van der Waals surface area contributed by atoms with Crippen LogP contribution < -0.4 is 0 Å². The summed E-state index contributed by atoms with van der Waals surface area (Å²) in [6, 6.07) is 0. The zero-order valence-electron chi connectivity index (χ0n) is 12.3. The second-order valence-corrected chi connectivity index (χ2v) is 6.99. The van der Waals surface area contributed by atoms with Gasteiger partial charge >= 0.3 is 0 Å². The molecule has 2 aliphatic rings. The van der Waals surface area contributed by atoms with Crippen molar-refractivity contribution in [2.24, 2.45) is 23.7 Å². The van der Waals surface area contributed by atoms with Crippen LogP contribution in [0.25, 0.3) is 0 Å². The molecule has 104 valence electrons. The fraction of sp³-hybridized carbons (Fsp3) is 0.941. The van der Waals surface area contributed by atoms with Gasteiger partial charge in [0, 0.05) is 12.8 Å². The van der Waals surface area contributed by atoms with Crippen LogP contribution in [0.3, 0.4) is 0 Å². The predicted molar refractivity (Wildman–Crippen MR) is 76.5 cm³/mol. The molecular weight excluding hydrogens is 220 g/mol. The third-order valence-corrected chi connectivity index (χ3v) is 5.56. The summed E-state index contributed by atoms with van der Waals surface area (Å²) in [6.07, 6.45) is 12.5. The second-order valence-electron chi connectivity index (χ2n) is 6.99. The van der Waals surface area contributed by atoms with Crippen LogP contribution in [0.1, 0.15) is 78.1 Å². The maximum atomic E-state index is 12.3. The van der Waals surface area contributed by atoms with Crippen LogP contribution in [-0.4, -0.2) is 5.78 Å². The summed E-state index contributed by atoms with van der Waals surface area (Å²) >= 11 is 0. The molecule has 0 radical (unpaired) electrons. The van der Waals surface area contributed by atoms with Crippen LogP contribution in [-0.2, 0) is 4.79 Å². The third kappa shape index (κ3) is 3.83. The van der Waals surface area contributed by atoms with E-state index in [9.17, 15) is 4.79 Å². The van der Waals surface area contributed by atoms with Gasteiger partial charge in [-0.2, -0.15) is 0 Å². The van der Waals surface area contributed by atoms with Crippen LogP contribution in [0, 0.1) is 23.7 Å². The number of rotatable bonds is 4. The molecule has 4 unspecified atom stereocenters. The SMILES string of the molecule is CC1CCCCC1CC(=O)CC1CCCCC1C. The van der Waals surface area contributed by atoms with Gasteiger partial charge in [-0.25, -0.2) is 0 Å². The van der Waals surface area contributed by atoms with Crippen LogP contribution in [0.5, 0.6) is 0 Å². The first-order valence-corrected chi connectivity index (χ1v) is 8.18. The van der Waals surface area contributed by atoms with Gasteiger partial charge in [-0.15, -0.1) is 0 Å². The summed E-state index contributed by atoms with van der Waals surface area (Å²) in [4.78, 5) is 12.3. The van der Waals surface area contributed by atoms with Gasteiger partial charge in [0.05, 0.1) is 0 Å². The summed E-state index contributed by atoms with van der Waals surface area (Å²) in [6.45, 7) is 4.70. The molecule has 0 spiro atoms. The zero-order valence-corrected chi connectivity index (χ0v) is 12.3. The smallest absolute Gasteiger partial charge is 0.133 e. The highest BCUT2D eigenvalue weighted by Gasteiger charge is 2.27. The quantitative estimate of drug-likeness (QED) is 0.687. The van der Waals surface area contributed by atoms with E-state index in [1.165, 1.54) is 51.4 Å². The molecule has 0 amide bonds. The number of carbonyl (C=O) groups is 1. The lowest BCUT2D eigenvalue weighted by Gasteiger charge is -2.31. The molecule has 0 heterocycles. The summed E-state index contributed by atoms with van der Waals surface area (Å²) in [5.74, 6) is 3.53. The van der Waals surface area contributed by atoms with Crippen LogP contribution in [0.15, 0.2) is 0 Å². The van der Waals surface area contributed by atoms with Crippen molar-refractivity contribution >= 4 is 5.78 Å². The molecule has 18 heavy (non-hydrogen) atoms.